The van der Waals surface area contributed by atoms with Crippen LogP contribution in [0.2, 0.25) is 0 Å². The summed E-state index contributed by atoms with van der Waals surface area (Å²) >= 11 is 0. The average Bonchev–Trinajstić information content (AvgIpc) is 2.61. The molecule has 0 saturated carbocycles. The molecule has 0 spiro atoms. The Morgan fingerprint density at radius 1 is 1.62 bits per heavy atom. The van der Waals surface area contributed by atoms with Gasteiger partial charge in [-0.15, -0.1) is 0 Å². The highest BCUT2D eigenvalue weighted by Crippen LogP contribution is 2.01. The largest absolute Gasteiger partial charge is 0.357 e. The van der Waals surface area contributed by atoms with Crippen LogP contribution in [-0.2, 0) is 18.4 Å². The molecule has 1 aromatic heterocycles. The molecule has 0 aliphatic heterocycles. The van der Waals surface area contributed by atoms with Gasteiger partial charge in [-0.1, -0.05) is 13.3 Å². The zero-order chi connectivity index (χ0) is 12.0. The van der Waals surface area contributed by atoms with Gasteiger partial charge in [0, 0.05) is 38.4 Å². The third kappa shape index (κ3) is 4.49. The van der Waals surface area contributed by atoms with Crippen LogP contribution in [0.5, 0.6) is 0 Å². The Morgan fingerprint density at radius 3 is 2.94 bits per heavy atom. The van der Waals surface area contributed by atoms with Crippen molar-refractivity contribution in [2.45, 2.75) is 38.8 Å². The Hall–Kier alpha value is -1.29. The van der Waals surface area contributed by atoms with E-state index in [1.54, 1.807) is 0 Å². The molecule has 90 valence electrons. The lowest BCUT2D eigenvalue weighted by Crippen LogP contribution is -2.31. The number of rotatable bonds is 6. The second-order valence-electron chi connectivity index (χ2n) is 4.21. The summed E-state index contributed by atoms with van der Waals surface area (Å²) in [5.41, 5.74) is 6.90. The fourth-order valence-electron chi connectivity index (χ4n) is 1.65. The van der Waals surface area contributed by atoms with Crippen molar-refractivity contribution >= 4 is 5.91 Å². The van der Waals surface area contributed by atoms with Crippen molar-refractivity contribution in [3.8, 4) is 0 Å². The van der Waals surface area contributed by atoms with E-state index < -0.39 is 0 Å². The Kier molecular flexibility index (Phi) is 5.05. The third-order valence-electron chi connectivity index (χ3n) is 2.49. The summed E-state index contributed by atoms with van der Waals surface area (Å²) in [6.07, 6.45) is 6.29. The van der Waals surface area contributed by atoms with E-state index in [0.717, 1.165) is 18.4 Å². The summed E-state index contributed by atoms with van der Waals surface area (Å²) in [5.74, 6) is 0.0322. The third-order valence-corrected chi connectivity index (χ3v) is 2.49. The van der Waals surface area contributed by atoms with Crippen LogP contribution in [0.4, 0.5) is 0 Å². The molecule has 4 nitrogen and oxygen atoms in total. The van der Waals surface area contributed by atoms with Gasteiger partial charge in [-0.05, 0) is 18.1 Å². The van der Waals surface area contributed by atoms with Crippen LogP contribution < -0.4 is 11.1 Å². The summed E-state index contributed by atoms with van der Waals surface area (Å²) < 4.78 is 1.96. The van der Waals surface area contributed by atoms with E-state index in [1.807, 2.05) is 30.1 Å². The molecular weight excluding hydrogens is 202 g/mol. The van der Waals surface area contributed by atoms with Gasteiger partial charge in [-0.3, -0.25) is 4.79 Å². The average molecular weight is 223 g/mol. The lowest BCUT2D eigenvalue weighted by molar-refractivity contribution is -0.121. The molecule has 4 heteroatoms. The van der Waals surface area contributed by atoms with Crippen molar-refractivity contribution in [3.05, 3.63) is 24.0 Å². The molecule has 0 aliphatic carbocycles. The molecule has 1 amide bonds. The first kappa shape index (κ1) is 12.8. The van der Waals surface area contributed by atoms with E-state index in [4.69, 9.17) is 5.73 Å². The van der Waals surface area contributed by atoms with E-state index >= 15 is 0 Å². The maximum absolute atomic E-state index is 11.5. The predicted octanol–water partition coefficient (Wildman–Crippen LogP) is 1.16. The Bertz CT molecular complexity index is 333. The SMILES string of the molecule is CCCC(N)CC(=O)NCc1ccn(C)c1. The fourth-order valence-corrected chi connectivity index (χ4v) is 1.65. The topological polar surface area (TPSA) is 60.1 Å². The lowest BCUT2D eigenvalue weighted by atomic mass is 10.1. The molecule has 0 saturated heterocycles. The van der Waals surface area contributed by atoms with Crippen molar-refractivity contribution in [1.82, 2.24) is 9.88 Å². The predicted molar refractivity (Wildman–Crippen MR) is 64.8 cm³/mol. The summed E-state index contributed by atoms with van der Waals surface area (Å²) in [7, 11) is 1.96. The number of nitrogens with zero attached hydrogens (tertiary/aromatic N) is 1. The first-order chi connectivity index (χ1) is 7.61. The molecule has 0 aromatic carbocycles. The zero-order valence-corrected chi connectivity index (χ0v) is 10.1. The smallest absolute Gasteiger partial charge is 0.221 e. The zero-order valence-electron chi connectivity index (χ0n) is 10.1. The number of hydrogen-bond acceptors (Lipinski definition) is 2. The molecule has 1 atom stereocenters. The fraction of sp³-hybridized carbons (Fsp3) is 0.583. The standard InChI is InChI=1S/C12H21N3O/c1-3-4-11(13)7-12(16)14-8-10-5-6-15(2)9-10/h5-6,9,11H,3-4,7-8,13H2,1-2H3,(H,14,16). The second kappa shape index (κ2) is 6.33. The molecule has 1 heterocycles. The first-order valence-corrected chi connectivity index (χ1v) is 5.75. The Balaban J connectivity index is 2.25. The van der Waals surface area contributed by atoms with Gasteiger partial charge in [-0.25, -0.2) is 0 Å². The summed E-state index contributed by atoms with van der Waals surface area (Å²) in [6.45, 7) is 2.65. The van der Waals surface area contributed by atoms with E-state index in [2.05, 4.69) is 12.2 Å². The van der Waals surface area contributed by atoms with Crippen molar-refractivity contribution in [2.75, 3.05) is 0 Å². The monoisotopic (exact) mass is 223 g/mol. The Labute approximate surface area is 96.8 Å². The highest BCUT2D eigenvalue weighted by molar-refractivity contribution is 5.76. The van der Waals surface area contributed by atoms with Crippen LogP contribution >= 0.6 is 0 Å². The van der Waals surface area contributed by atoms with Crippen molar-refractivity contribution in [2.24, 2.45) is 12.8 Å². The number of carbonyl (C=O) groups excluding carboxylic acids is 1. The summed E-state index contributed by atoms with van der Waals surface area (Å²) in [5, 5.41) is 2.87. The molecule has 1 rings (SSSR count). The minimum Gasteiger partial charge on any atom is -0.357 e. The first-order valence-electron chi connectivity index (χ1n) is 5.75. The highest BCUT2D eigenvalue weighted by Gasteiger charge is 2.08. The van der Waals surface area contributed by atoms with Crippen LogP contribution in [0, 0.1) is 0 Å². The van der Waals surface area contributed by atoms with Gasteiger partial charge in [0.25, 0.3) is 0 Å². The van der Waals surface area contributed by atoms with Crippen molar-refractivity contribution in [1.29, 1.82) is 0 Å². The van der Waals surface area contributed by atoms with E-state index in [1.165, 1.54) is 0 Å². The van der Waals surface area contributed by atoms with Gasteiger partial charge in [0.05, 0.1) is 0 Å². The highest BCUT2D eigenvalue weighted by atomic mass is 16.1. The molecule has 3 N–H and O–H groups in total. The number of amides is 1. The van der Waals surface area contributed by atoms with Crippen molar-refractivity contribution < 1.29 is 4.79 Å². The van der Waals surface area contributed by atoms with Gasteiger partial charge >= 0.3 is 0 Å². The Morgan fingerprint density at radius 2 is 2.38 bits per heavy atom. The van der Waals surface area contributed by atoms with Gasteiger partial charge in [-0.2, -0.15) is 0 Å². The molecule has 0 bridgehead atoms. The molecule has 0 aliphatic rings. The molecule has 0 radical (unpaired) electrons. The number of nitrogens with two attached hydrogens (primary N) is 1. The number of aromatic nitrogens is 1. The number of carbonyl (C=O) groups is 1. The molecule has 16 heavy (non-hydrogen) atoms. The molecular formula is C12H21N3O. The molecule has 0 fully saturated rings. The van der Waals surface area contributed by atoms with Gasteiger partial charge < -0.3 is 15.6 Å². The van der Waals surface area contributed by atoms with Crippen molar-refractivity contribution in [3.63, 3.8) is 0 Å². The molecule has 1 unspecified atom stereocenters. The van der Waals surface area contributed by atoms with E-state index in [0.29, 0.717) is 13.0 Å². The molecule has 1 aromatic rings. The van der Waals surface area contributed by atoms with Gasteiger partial charge in [0.15, 0.2) is 0 Å². The van der Waals surface area contributed by atoms with E-state index in [-0.39, 0.29) is 11.9 Å². The van der Waals surface area contributed by atoms with Crippen LogP contribution in [-0.4, -0.2) is 16.5 Å². The van der Waals surface area contributed by atoms with Crippen LogP contribution in [0.3, 0.4) is 0 Å². The second-order valence-corrected chi connectivity index (χ2v) is 4.21. The lowest BCUT2D eigenvalue weighted by Gasteiger charge is -2.09. The van der Waals surface area contributed by atoms with Gasteiger partial charge in [0.2, 0.25) is 5.91 Å². The maximum atomic E-state index is 11.5. The van der Waals surface area contributed by atoms with Gasteiger partial charge in [0.1, 0.15) is 0 Å². The summed E-state index contributed by atoms with van der Waals surface area (Å²) in [6, 6.07) is 1.98. The minimum absolute atomic E-state index is 0.0132. The van der Waals surface area contributed by atoms with Crippen LogP contribution in [0.1, 0.15) is 31.7 Å². The number of aryl methyl sites for hydroxylation is 1. The number of hydrogen-bond donors (Lipinski definition) is 2. The normalized spacial score (nSPS) is 12.4. The number of nitrogens with one attached hydrogen (secondary N) is 1. The van der Waals surface area contributed by atoms with Crippen LogP contribution in [0.25, 0.3) is 0 Å². The van der Waals surface area contributed by atoms with E-state index in [9.17, 15) is 4.79 Å². The van der Waals surface area contributed by atoms with Crippen LogP contribution in [0.15, 0.2) is 18.5 Å². The maximum Gasteiger partial charge on any atom is 0.221 e. The quantitative estimate of drug-likeness (QED) is 0.760. The minimum atomic E-state index is -0.0132. The summed E-state index contributed by atoms with van der Waals surface area (Å²) in [4.78, 5) is 11.5.